The van der Waals surface area contributed by atoms with Gasteiger partial charge in [-0.25, -0.2) is 8.42 Å². The lowest BCUT2D eigenvalue weighted by molar-refractivity contribution is 0.470. The van der Waals surface area contributed by atoms with Gasteiger partial charge in [0.1, 0.15) is 23.0 Å². The third-order valence-electron chi connectivity index (χ3n) is 4.76. The molecule has 170 valence electrons. The second kappa shape index (κ2) is 10.5. The van der Waals surface area contributed by atoms with Crippen LogP contribution in [0.1, 0.15) is 18.9 Å². The van der Waals surface area contributed by atoms with Crippen molar-refractivity contribution >= 4 is 27.0 Å². The summed E-state index contributed by atoms with van der Waals surface area (Å²) < 4.78 is 38.9. The normalized spacial score (nSPS) is 11.2. The molecule has 0 N–H and O–H groups in total. The number of sulfonamides is 1. The number of hydrogen-bond acceptors (Lipinski definition) is 6. The van der Waals surface area contributed by atoms with Crippen molar-refractivity contribution in [1.82, 2.24) is 4.98 Å². The molecule has 0 aliphatic rings. The van der Waals surface area contributed by atoms with Crippen LogP contribution in [0.3, 0.4) is 0 Å². The molecule has 2 heterocycles. The predicted molar refractivity (Wildman–Crippen MR) is 132 cm³/mol. The first-order chi connectivity index (χ1) is 16.0. The summed E-state index contributed by atoms with van der Waals surface area (Å²) in [5, 5.41) is 3.89. The standard InChI is InChI=1S/C25H24N2O4S2/c1-2-16-33(28,29)27(18-20-4-3-14-26-17-20)21-5-7-22(8-6-21)30-23-9-11-24(12-10-23)31-25-13-15-32-19-25/h3-15,17,19H,2,16,18H2,1H3. The van der Waals surface area contributed by atoms with Gasteiger partial charge in [0.2, 0.25) is 10.0 Å². The zero-order valence-electron chi connectivity index (χ0n) is 18.1. The third kappa shape index (κ3) is 6.12. The van der Waals surface area contributed by atoms with Crippen molar-refractivity contribution < 1.29 is 17.9 Å². The molecule has 0 saturated heterocycles. The lowest BCUT2D eigenvalue weighted by Gasteiger charge is -2.24. The van der Waals surface area contributed by atoms with E-state index in [-0.39, 0.29) is 12.3 Å². The van der Waals surface area contributed by atoms with Crippen LogP contribution in [-0.4, -0.2) is 19.2 Å². The van der Waals surface area contributed by atoms with Gasteiger partial charge >= 0.3 is 0 Å². The smallest absolute Gasteiger partial charge is 0.235 e. The van der Waals surface area contributed by atoms with Gasteiger partial charge in [0.25, 0.3) is 0 Å². The number of benzene rings is 2. The Bertz CT molecular complexity index is 1240. The van der Waals surface area contributed by atoms with Gasteiger partial charge in [0.15, 0.2) is 0 Å². The van der Waals surface area contributed by atoms with Gasteiger partial charge in [-0.2, -0.15) is 0 Å². The van der Waals surface area contributed by atoms with Gasteiger partial charge in [-0.3, -0.25) is 9.29 Å². The van der Waals surface area contributed by atoms with E-state index in [0.717, 1.165) is 17.1 Å². The molecular weight excluding hydrogens is 456 g/mol. The lowest BCUT2D eigenvalue weighted by atomic mass is 10.2. The molecule has 8 heteroatoms. The van der Waals surface area contributed by atoms with Crippen molar-refractivity contribution in [3.63, 3.8) is 0 Å². The molecule has 2 aromatic carbocycles. The fourth-order valence-corrected chi connectivity index (χ4v) is 5.29. The maximum atomic E-state index is 12.9. The maximum absolute atomic E-state index is 12.9. The van der Waals surface area contributed by atoms with E-state index >= 15 is 0 Å². The Morgan fingerprint density at radius 2 is 1.52 bits per heavy atom. The minimum absolute atomic E-state index is 0.0747. The summed E-state index contributed by atoms with van der Waals surface area (Å²) in [5.41, 5.74) is 1.40. The molecule has 0 aliphatic heterocycles. The van der Waals surface area contributed by atoms with Gasteiger partial charge in [-0.15, -0.1) is 11.3 Å². The summed E-state index contributed by atoms with van der Waals surface area (Å²) in [6.45, 7) is 2.08. The summed E-state index contributed by atoms with van der Waals surface area (Å²) in [7, 11) is -3.47. The monoisotopic (exact) mass is 480 g/mol. The average Bonchev–Trinajstić information content (AvgIpc) is 3.33. The van der Waals surface area contributed by atoms with Crippen LogP contribution in [-0.2, 0) is 16.6 Å². The number of anilines is 1. The first-order valence-corrected chi connectivity index (χ1v) is 13.1. The Hall–Kier alpha value is -3.36. The Morgan fingerprint density at radius 3 is 2.06 bits per heavy atom. The van der Waals surface area contributed by atoms with Crippen molar-refractivity contribution in [2.24, 2.45) is 0 Å². The summed E-state index contributed by atoms with van der Waals surface area (Å²) in [6, 6.07) is 20.0. The molecule has 0 radical (unpaired) electrons. The maximum Gasteiger partial charge on any atom is 0.235 e. The van der Waals surface area contributed by atoms with Gasteiger partial charge in [-0.05, 0) is 78.0 Å². The van der Waals surface area contributed by atoms with Crippen LogP contribution in [0.15, 0.2) is 89.9 Å². The highest BCUT2D eigenvalue weighted by molar-refractivity contribution is 7.92. The number of nitrogens with zero attached hydrogens (tertiary/aromatic N) is 2. The number of thiophene rings is 1. The van der Waals surface area contributed by atoms with E-state index < -0.39 is 10.0 Å². The number of ether oxygens (including phenoxy) is 2. The van der Waals surface area contributed by atoms with E-state index in [1.807, 2.05) is 54.1 Å². The molecule has 33 heavy (non-hydrogen) atoms. The Labute approximate surface area is 198 Å². The van der Waals surface area contributed by atoms with E-state index in [2.05, 4.69) is 4.98 Å². The van der Waals surface area contributed by atoms with Crippen molar-refractivity contribution in [3.05, 3.63) is 95.4 Å². The molecule has 0 spiro atoms. The molecule has 0 fully saturated rings. The first-order valence-electron chi connectivity index (χ1n) is 10.5. The molecule has 2 aromatic heterocycles. The molecule has 0 bridgehead atoms. The van der Waals surface area contributed by atoms with Crippen molar-refractivity contribution in [2.75, 3.05) is 10.1 Å². The Kier molecular flexibility index (Phi) is 7.26. The number of aromatic nitrogens is 1. The Balaban J connectivity index is 1.48. The predicted octanol–water partition coefficient (Wildman–Crippen LogP) is 6.47. The topological polar surface area (TPSA) is 68.7 Å². The second-order valence-electron chi connectivity index (χ2n) is 7.31. The molecule has 0 amide bonds. The molecule has 6 nitrogen and oxygen atoms in total. The van der Waals surface area contributed by atoms with Crippen LogP contribution in [0.5, 0.6) is 23.0 Å². The highest BCUT2D eigenvalue weighted by atomic mass is 32.2. The molecule has 0 saturated carbocycles. The molecule has 0 unspecified atom stereocenters. The molecule has 4 aromatic rings. The summed E-state index contributed by atoms with van der Waals surface area (Å²) in [5.74, 6) is 2.87. The lowest BCUT2D eigenvalue weighted by Crippen LogP contribution is -2.32. The fraction of sp³-hybridized carbons (Fsp3) is 0.160. The van der Waals surface area contributed by atoms with Gasteiger partial charge in [0, 0.05) is 17.8 Å². The number of pyridine rings is 1. The average molecular weight is 481 g/mol. The van der Waals surface area contributed by atoms with E-state index in [0.29, 0.717) is 23.6 Å². The SMILES string of the molecule is CCCS(=O)(=O)N(Cc1cccnc1)c1ccc(Oc2ccc(Oc3ccsc3)cc2)cc1. The van der Waals surface area contributed by atoms with E-state index in [4.69, 9.17) is 9.47 Å². The molecule has 0 atom stereocenters. The highest BCUT2D eigenvalue weighted by Gasteiger charge is 2.22. The van der Waals surface area contributed by atoms with Crippen LogP contribution in [0.25, 0.3) is 0 Å². The molecule has 0 aliphatic carbocycles. The largest absolute Gasteiger partial charge is 0.457 e. The summed E-state index contributed by atoms with van der Waals surface area (Å²) >= 11 is 1.58. The Morgan fingerprint density at radius 1 is 0.879 bits per heavy atom. The van der Waals surface area contributed by atoms with Gasteiger partial charge < -0.3 is 9.47 Å². The third-order valence-corrected chi connectivity index (χ3v) is 7.36. The number of rotatable bonds is 10. The van der Waals surface area contributed by atoms with Crippen molar-refractivity contribution in [2.45, 2.75) is 19.9 Å². The minimum atomic E-state index is -3.47. The van der Waals surface area contributed by atoms with Crippen LogP contribution >= 0.6 is 11.3 Å². The van der Waals surface area contributed by atoms with Crippen LogP contribution < -0.4 is 13.8 Å². The molecule has 4 rings (SSSR count). The highest BCUT2D eigenvalue weighted by Crippen LogP contribution is 2.30. The summed E-state index contributed by atoms with van der Waals surface area (Å²) in [4.78, 5) is 4.10. The van der Waals surface area contributed by atoms with Crippen LogP contribution in [0, 0.1) is 0 Å². The first kappa shape index (κ1) is 22.8. The number of hydrogen-bond donors (Lipinski definition) is 0. The quantitative estimate of drug-likeness (QED) is 0.260. The zero-order chi connectivity index (χ0) is 23.1. The van der Waals surface area contributed by atoms with E-state index in [1.54, 1.807) is 54.1 Å². The molecular formula is C25H24N2O4S2. The minimum Gasteiger partial charge on any atom is -0.457 e. The van der Waals surface area contributed by atoms with Crippen molar-refractivity contribution in [1.29, 1.82) is 0 Å². The van der Waals surface area contributed by atoms with E-state index in [1.165, 1.54) is 4.31 Å². The van der Waals surface area contributed by atoms with E-state index in [9.17, 15) is 8.42 Å². The van der Waals surface area contributed by atoms with Crippen LogP contribution in [0.2, 0.25) is 0 Å². The van der Waals surface area contributed by atoms with Crippen molar-refractivity contribution in [3.8, 4) is 23.0 Å². The van der Waals surface area contributed by atoms with Gasteiger partial charge in [0.05, 0.1) is 18.0 Å². The zero-order valence-corrected chi connectivity index (χ0v) is 19.8. The summed E-state index contributed by atoms with van der Waals surface area (Å²) in [6.07, 6.45) is 3.89. The second-order valence-corrected chi connectivity index (χ2v) is 10.1. The van der Waals surface area contributed by atoms with Gasteiger partial charge in [-0.1, -0.05) is 13.0 Å². The van der Waals surface area contributed by atoms with Crippen LogP contribution in [0.4, 0.5) is 5.69 Å². The fourth-order valence-electron chi connectivity index (χ4n) is 3.21.